The van der Waals surface area contributed by atoms with E-state index in [1.165, 1.54) is 19.3 Å². The summed E-state index contributed by atoms with van der Waals surface area (Å²) < 4.78 is 0. The van der Waals surface area contributed by atoms with Crippen LogP contribution in [0.4, 0.5) is 0 Å². The van der Waals surface area contributed by atoms with E-state index >= 15 is 0 Å². The van der Waals surface area contributed by atoms with Gasteiger partial charge in [0, 0.05) is 6.42 Å². The van der Waals surface area contributed by atoms with Crippen LogP contribution in [0.5, 0.6) is 0 Å². The van der Waals surface area contributed by atoms with E-state index in [0.29, 0.717) is 19.3 Å². The standard InChI is InChI=1S/C20H32O4/c1-2-3-4-5-6-9-13-18(21)14-10-7-8-11-15-19(22)16-12-17-20(23)24/h6-11,14-15,18-19,21-22H,2-5,12-13,16-17H2,1H3,(H,23,24)/b8-7+,9-6+,14-10+,15-11-/t18-,19+/m0/s1. The smallest absolute Gasteiger partial charge is 0.303 e. The second-order valence-electron chi connectivity index (χ2n) is 5.78. The summed E-state index contributed by atoms with van der Waals surface area (Å²) in [7, 11) is 0. The Balaban J connectivity index is 3.81. The largest absolute Gasteiger partial charge is 0.481 e. The number of aliphatic carboxylic acids is 1. The van der Waals surface area contributed by atoms with Crippen molar-refractivity contribution < 1.29 is 20.1 Å². The molecule has 0 aromatic heterocycles. The Morgan fingerprint density at radius 1 is 0.917 bits per heavy atom. The number of carboxylic acid groups (broad SMARTS) is 1. The van der Waals surface area contributed by atoms with Gasteiger partial charge in [0.05, 0.1) is 12.2 Å². The first-order valence-electron chi connectivity index (χ1n) is 8.80. The topological polar surface area (TPSA) is 77.8 Å². The molecule has 4 heteroatoms. The Bertz CT molecular complexity index is 421. The number of allylic oxidation sites excluding steroid dienone is 5. The zero-order valence-corrected chi connectivity index (χ0v) is 14.7. The fourth-order valence-electron chi connectivity index (χ4n) is 2.02. The van der Waals surface area contributed by atoms with Gasteiger partial charge in [0.2, 0.25) is 0 Å². The van der Waals surface area contributed by atoms with Crippen LogP contribution in [-0.4, -0.2) is 33.5 Å². The molecule has 24 heavy (non-hydrogen) atoms. The maximum absolute atomic E-state index is 10.3. The van der Waals surface area contributed by atoms with E-state index in [-0.39, 0.29) is 6.42 Å². The number of carbonyl (C=O) groups is 1. The van der Waals surface area contributed by atoms with Gasteiger partial charge in [0.1, 0.15) is 0 Å². The lowest BCUT2D eigenvalue weighted by atomic mass is 10.1. The van der Waals surface area contributed by atoms with Crippen molar-refractivity contribution in [3.63, 3.8) is 0 Å². The minimum atomic E-state index is -0.842. The zero-order valence-electron chi connectivity index (χ0n) is 14.7. The Kier molecular flexibility index (Phi) is 15.1. The third kappa shape index (κ3) is 16.7. The predicted octanol–water partition coefficient (Wildman–Crippen LogP) is 4.16. The highest BCUT2D eigenvalue weighted by atomic mass is 16.4. The first-order chi connectivity index (χ1) is 11.6. The van der Waals surface area contributed by atoms with E-state index in [1.54, 1.807) is 36.5 Å². The summed E-state index contributed by atoms with van der Waals surface area (Å²) in [6.07, 6.45) is 19.8. The van der Waals surface area contributed by atoms with Gasteiger partial charge >= 0.3 is 5.97 Å². The van der Waals surface area contributed by atoms with Crippen molar-refractivity contribution in [2.45, 2.75) is 70.5 Å². The Morgan fingerprint density at radius 2 is 1.58 bits per heavy atom. The fraction of sp³-hybridized carbons (Fsp3) is 0.550. The van der Waals surface area contributed by atoms with Crippen LogP contribution in [0, 0.1) is 0 Å². The number of aliphatic hydroxyl groups excluding tert-OH is 2. The third-order valence-corrected chi connectivity index (χ3v) is 3.41. The van der Waals surface area contributed by atoms with Crippen molar-refractivity contribution in [1.82, 2.24) is 0 Å². The minimum Gasteiger partial charge on any atom is -0.481 e. The van der Waals surface area contributed by atoms with E-state index in [0.717, 1.165) is 6.42 Å². The molecule has 0 unspecified atom stereocenters. The summed E-state index contributed by atoms with van der Waals surface area (Å²) in [6, 6.07) is 0. The molecule has 2 atom stereocenters. The molecule has 0 aliphatic rings. The van der Waals surface area contributed by atoms with Crippen molar-refractivity contribution in [1.29, 1.82) is 0 Å². The quantitative estimate of drug-likeness (QED) is 0.253. The summed E-state index contributed by atoms with van der Waals surface area (Å²) >= 11 is 0. The van der Waals surface area contributed by atoms with E-state index in [2.05, 4.69) is 13.0 Å². The molecule has 0 radical (unpaired) electrons. The van der Waals surface area contributed by atoms with Crippen molar-refractivity contribution in [2.24, 2.45) is 0 Å². The van der Waals surface area contributed by atoms with Crippen LogP contribution in [0.25, 0.3) is 0 Å². The molecule has 0 aromatic rings. The van der Waals surface area contributed by atoms with E-state index in [9.17, 15) is 15.0 Å². The number of hydrogen-bond donors (Lipinski definition) is 3. The molecule has 3 N–H and O–H groups in total. The summed E-state index contributed by atoms with van der Waals surface area (Å²) in [5.41, 5.74) is 0. The maximum Gasteiger partial charge on any atom is 0.303 e. The molecule has 0 saturated carbocycles. The third-order valence-electron chi connectivity index (χ3n) is 3.41. The predicted molar refractivity (Wildman–Crippen MR) is 98.8 cm³/mol. The lowest BCUT2D eigenvalue weighted by molar-refractivity contribution is -0.137. The Hall–Kier alpha value is -1.65. The molecule has 0 saturated heterocycles. The maximum atomic E-state index is 10.3. The molecule has 0 bridgehead atoms. The highest BCUT2D eigenvalue weighted by Gasteiger charge is 2.01. The van der Waals surface area contributed by atoms with E-state index < -0.39 is 18.2 Å². The van der Waals surface area contributed by atoms with Gasteiger partial charge in [-0.15, -0.1) is 0 Å². The molecular weight excluding hydrogens is 304 g/mol. The first kappa shape index (κ1) is 22.4. The molecule has 0 amide bonds. The van der Waals surface area contributed by atoms with Gasteiger partial charge in [-0.1, -0.05) is 68.4 Å². The summed E-state index contributed by atoms with van der Waals surface area (Å²) in [6.45, 7) is 2.18. The van der Waals surface area contributed by atoms with Gasteiger partial charge in [0.25, 0.3) is 0 Å². The summed E-state index contributed by atoms with van der Waals surface area (Å²) in [5, 5.41) is 27.9. The molecule has 0 aromatic carbocycles. The summed E-state index contributed by atoms with van der Waals surface area (Å²) in [4.78, 5) is 10.3. The summed E-state index contributed by atoms with van der Waals surface area (Å²) in [5.74, 6) is -0.842. The van der Waals surface area contributed by atoms with Crippen LogP contribution >= 0.6 is 0 Å². The van der Waals surface area contributed by atoms with Gasteiger partial charge in [0.15, 0.2) is 0 Å². The van der Waals surface area contributed by atoms with Crippen LogP contribution < -0.4 is 0 Å². The van der Waals surface area contributed by atoms with Gasteiger partial charge < -0.3 is 15.3 Å². The molecule has 0 spiro atoms. The van der Waals surface area contributed by atoms with Gasteiger partial charge in [-0.3, -0.25) is 4.79 Å². The first-order valence-corrected chi connectivity index (χ1v) is 8.80. The lowest BCUT2D eigenvalue weighted by Crippen LogP contribution is -2.03. The Morgan fingerprint density at radius 3 is 2.21 bits per heavy atom. The van der Waals surface area contributed by atoms with Gasteiger partial charge in [-0.2, -0.15) is 0 Å². The van der Waals surface area contributed by atoms with Crippen molar-refractivity contribution >= 4 is 5.97 Å². The molecular formula is C20H32O4. The van der Waals surface area contributed by atoms with Gasteiger partial charge in [-0.25, -0.2) is 0 Å². The molecule has 0 rings (SSSR count). The molecule has 136 valence electrons. The monoisotopic (exact) mass is 336 g/mol. The van der Waals surface area contributed by atoms with Gasteiger partial charge in [-0.05, 0) is 32.1 Å². The van der Waals surface area contributed by atoms with Crippen LogP contribution in [-0.2, 0) is 4.79 Å². The van der Waals surface area contributed by atoms with Crippen molar-refractivity contribution in [3.05, 3.63) is 48.6 Å². The number of unbranched alkanes of at least 4 members (excludes halogenated alkanes) is 3. The zero-order chi connectivity index (χ0) is 18.0. The average molecular weight is 336 g/mol. The molecule has 4 nitrogen and oxygen atoms in total. The highest BCUT2D eigenvalue weighted by molar-refractivity contribution is 5.66. The molecule has 0 aliphatic carbocycles. The molecule has 0 aliphatic heterocycles. The average Bonchev–Trinajstić information content (AvgIpc) is 2.53. The number of aliphatic hydroxyl groups is 2. The van der Waals surface area contributed by atoms with Crippen molar-refractivity contribution in [3.8, 4) is 0 Å². The van der Waals surface area contributed by atoms with Crippen LogP contribution in [0.3, 0.4) is 0 Å². The highest BCUT2D eigenvalue weighted by Crippen LogP contribution is 2.03. The van der Waals surface area contributed by atoms with Crippen LogP contribution in [0.2, 0.25) is 0 Å². The van der Waals surface area contributed by atoms with E-state index in [4.69, 9.17) is 5.11 Å². The normalized spacial score (nSPS) is 15.1. The lowest BCUT2D eigenvalue weighted by Gasteiger charge is -2.02. The van der Waals surface area contributed by atoms with Crippen LogP contribution in [0.1, 0.15) is 58.3 Å². The Labute approximate surface area is 145 Å². The number of carboxylic acids is 1. The molecule has 0 heterocycles. The second-order valence-corrected chi connectivity index (χ2v) is 5.78. The SMILES string of the molecule is CCCCC/C=C/C[C@H](O)/C=C/C=C/C=C\[C@@H](O)CCCC(=O)O. The molecule has 0 fully saturated rings. The second kappa shape index (κ2) is 16.2. The van der Waals surface area contributed by atoms with Crippen LogP contribution in [0.15, 0.2) is 48.6 Å². The number of rotatable bonds is 14. The number of hydrogen-bond acceptors (Lipinski definition) is 3. The fourth-order valence-corrected chi connectivity index (χ4v) is 2.02. The minimum absolute atomic E-state index is 0.0778. The van der Waals surface area contributed by atoms with Crippen molar-refractivity contribution in [2.75, 3.05) is 0 Å². The van der Waals surface area contributed by atoms with E-state index in [1.807, 2.05) is 6.08 Å².